The van der Waals surface area contributed by atoms with Gasteiger partial charge in [0.05, 0.1) is 0 Å². The van der Waals surface area contributed by atoms with Crippen LogP contribution in [0.5, 0.6) is 0 Å². The van der Waals surface area contributed by atoms with E-state index in [-0.39, 0.29) is 24.2 Å². The third-order valence-electron chi connectivity index (χ3n) is 8.69. The number of amides is 4. The lowest BCUT2D eigenvalue weighted by Gasteiger charge is -2.24. The fourth-order valence-electron chi connectivity index (χ4n) is 6.07. The van der Waals surface area contributed by atoms with Gasteiger partial charge in [0.1, 0.15) is 24.7 Å². The van der Waals surface area contributed by atoms with Crippen molar-refractivity contribution in [3.8, 4) is 22.3 Å². The number of alkyl carbamates (subject to hydrolysis) is 1. The average molecular weight is 693 g/mol. The Balaban J connectivity index is 1.19. The van der Waals surface area contributed by atoms with Crippen molar-refractivity contribution < 1.29 is 23.9 Å². The summed E-state index contributed by atoms with van der Waals surface area (Å²) in [7, 11) is 0. The molecule has 10 heteroatoms. The SMILES string of the molecule is CC(C)C[C@H](NC(=O)[C@H](CSCc1ccc(-c2ccccc2)cc1)NC(=O)[C@H](C)NC(=O)OCC1c2ccccc2-c2ccccc21)C(N)=O. The molecule has 0 spiro atoms. The molecule has 4 amide bonds. The van der Waals surface area contributed by atoms with Crippen LogP contribution in [0.15, 0.2) is 103 Å². The Morgan fingerprint density at radius 1 is 0.700 bits per heavy atom. The number of carbonyl (C=O) groups is 4. The largest absolute Gasteiger partial charge is 0.449 e. The highest BCUT2D eigenvalue weighted by Gasteiger charge is 2.31. The van der Waals surface area contributed by atoms with Crippen LogP contribution in [0.4, 0.5) is 4.79 Å². The predicted molar refractivity (Wildman–Crippen MR) is 198 cm³/mol. The number of thioether (sulfide) groups is 1. The first-order chi connectivity index (χ1) is 24.1. The Labute approximate surface area is 297 Å². The van der Waals surface area contributed by atoms with Gasteiger partial charge in [0.2, 0.25) is 17.7 Å². The minimum Gasteiger partial charge on any atom is -0.449 e. The summed E-state index contributed by atoms with van der Waals surface area (Å²) in [6.45, 7) is 5.48. The average Bonchev–Trinajstić information content (AvgIpc) is 3.43. The van der Waals surface area contributed by atoms with Crippen LogP contribution in [-0.2, 0) is 24.9 Å². The second-order valence-electron chi connectivity index (χ2n) is 12.9. The van der Waals surface area contributed by atoms with E-state index < -0.39 is 41.9 Å². The van der Waals surface area contributed by atoms with Gasteiger partial charge in [0.15, 0.2) is 0 Å². The van der Waals surface area contributed by atoms with Gasteiger partial charge in [-0.3, -0.25) is 14.4 Å². The lowest BCUT2D eigenvalue weighted by Crippen LogP contribution is -2.57. The lowest BCUT2D eigenvalue weighted by molar-refractivity contribution is -0.131. The molecule has 4 aromatic rings. The summed E-state index contributed by atoms with van der Waals surface area (Å²) in [5.74, 6) is -0.935. The van der Waals surface area contributed by atoms with Gasteiger partial charge in [0, 0.05) is 17.4 Å². The molecular weight excluding hydrogens is 649 g/mol. The number of hydrogen-bond donors (Lipinski definition) is 4. The topological polar surface area (TPSA) is 140 Å². The zero-order chi connectivity index (χ0) is 35.6. The molecule has 0 fully saturated rings. The van der Waals surface area contributed by atoms with E-state index in [0.29, 0.717) is 12.2 Å². The van der Waals surface area contributed by atoms with Gasteiger partial charge < -0.3 is 26.4 Å². The Bertz CT molecular complexity index is 1750. The van der Waals surface area contributed by atoms with Crippen LogP contribution in [0.3, 0.4) is 0 Å². The normalized spacial score (nSPS) is 13.8. The number of nitrogens with one attached hydrogen (secondary N) is 3. The molecule has 0 saturated heterocycles. The first-order valence-corrected chi connectivity index (χ1v) is 18.0. The minimum absolute atomic E-state index is 0.104. The summed E-state index contributed by atoms with van der Waals surface area (Å²) in [6.07, 6.45) is -0.378. The monoisotopic (exact) mass is 692 g/mol. The minimum atomic E-state index is -1.00. The van der Waals surface area contributed by atoms with Gasteiger partial charge in [-0.1, -0.05) is 117 Å². The zero-order valence-electron chi connectivity index (χ0n) is 28.6. The first-order valence-electron chi connectivity index (χ1n) is 16.8. The van der Waals surface area contributed by atoms with E-state index in [2.05, 4.69) is 52.3 Å². The molecule has 0 aromatic heterocycles. The predicted octanol–water partition coefficient (Wildman–Crippen LogP) is 6.02. The molecule has 50 heavy (non-hydrogen) atoms. The van der Waals surface area contributed by atoms with Crippen LogP contribution in [0.25, 0.3) is 22.3 Å². The maximum Gasteiger partial charge on any atom is 0.407 e. The van der Waals surface area contributed by atoms with Crippen molar-refractivity contribution in [3.05, 3.63) is 120 Å². The van der Waals surface area contributed by atoms with Gasteiger partial charge in [-0.25, -0.2) is 4.79 Å². The first kappa shape index (κ1) is 36.2. The molecule has 260 valence electrons. The maximum atomic E-state index is 13.5. The fraction of sp³-hybridized carbons (Fsp3) is 0.300. The summed E-state index contributed by atoms with van der Waals surface area (Å²) in [4.78, 5) is 51.8. The quantitative estimate of drug-likeness (QED) is 0.120. The number of nitrogens with two attached hydrogens (primary N) is 1. The van der Waals surface area contributed by atoms with E-state index in [9.17, 15) is 19.2 Å². The number of hydrogen-bond acceptors (Lipinski definition) is 6. The molecule has 5 N–H and O–H groups in total. The number of fused-ring (bicyclic) bond motifs is 3. The van der Waals surface area contributed by atoms with Crippen molar-refractivity contribution >= 4 is 35.6 Å². The van der Waals surface area contributed by atoms with Gasteiger partial charge >= 0.3 is 6.09 Å². The summed E-state index contributed by atoms with van der Waals surface area (Å²) < 4.78 is 5.61. The van der Waals surface area contributed by atoms with E-state index in [1.54, 1.807) is 0 Å². The summed E-state index contributed by atoms with van der Waals surface area (Å²) in [6, 6.07) is 31.5. The second-order valence-corrected chi connectivity index (χ2v) is 14.0. The molecule has 9 nitrogen and oxygen atoms in total. The zero-order valence-corrected chi connectivity index (χ0v) is 29.4. The van der Waals surface area contributed by atoms with Crippen molar-refractivity contribution in [2.45, 2.75) is 57.0 Å². The number of rotatable bonds is 15. The molecule has 1 aliphatic carbocycles. The van der Waals surface area contributed by atoms with Crippen LogP contribution >= 0.6 is 11.8 Å². The molecule has 5 rings (SSSR count). The Morgan fingerprint density at radius 2 is 1.26 bits per heavy atom. The number of ether oxygens (including phenoxy) is 1. The molecule has 0 heterocycles. The molecular formula is C40H44N4O5S. The molecule has 1 aliphatic rings. The molecule has 0 bridgehead atoms. The Kier molecular flexibility index (Phi) is 12.3. The van der Waals surface area contributed by atoms with E-state index in [1.165, 1.54) is 18.7 Å². The Morgan fingerprint density at radius 3 is 1.86 bits per heavy atom. The summed E-state index contributed by atoms with van der Waals surface area (Å²) in [5, 5.41) is 8.08. The van der Waals surface area contributed by atoms with Gasteiger partial charge in [-0.2, -0.15) is 11.8 Å². The standard InChI is InChI=1S/C40H44N4O5S/c1-25(2)21-35(37(41)45)43-39(47)36(24-50-23-27-17-19-29(20-18-27)28-11-5-4-6-12-28)44-38(46)26(3)42-40(48)49-22-34-32-15-9-7-13-30(32)31-14-8-10-16-33(31)34/h4-20,25-26,34-36H,21-24H2,1-3H3,(H2,41,45)(H,42,48)(H,43,47)(H,44,46)/t26-,35-,36-/m0/s1. The fourth-order valence-corrected chi connectivity index (χ4v) is 7.09. The van der Waals surface area contributed by atoms with E-state index in [0.717, 1.165) is 38.9 Å². The van der Waals surface area contributed by atoms with Crippen molar-refractivity contribution in [3.63, 3.8) is 0 Å². The van der Waals surface area contributed by atoms with Gasteiger partial charge in [-0.05, 0) is 58.2 Å². The number of carbonyl (C=O) groups excluding carboxylic acids is 4. The molecule has 3 atom stereocenters. The van der Waals surface area contributed by atoms with Crippen molar-refractivity contribution in [1.82, 2.24) is 16.0 Å². The van der Waals surface area contributed by atoms with Crippen LogP contribution in [0, 0.1) is 5.92 Å². The smallest absolute Gasteiger partial charge is 0.407 e. The molecule has 0 unspecified atom stereocenters. The summed E-state index contributed by atoms with van der Waals surface area (Å²) >= 11 is 1.47. The van der Waals surface area contributed by atoms with Gasteiger partial charge in [0.25, 0.3) is 0 Å². The molecule has 0 radical (unpaired) electrons. The van der Waals surface area contributed by atoms with Crippen LogP contribution in [0.1, 0.15) is 49.8 Å². The number of primary amides is 1. The second kappa shape index (κ2) is 17.0. The lowest BCUT2D eigenvalue weighted by atomic mass is 9.98. The molecule has 4 aromatic carbocycles. The third kappa shape index (κ3) is 9.32. The van der Waals surface area contributed by atoms with Gasteiger partial charge in [-0.15, -0.1) is 0 Å². The van der Waals surface area contributed by atoms with E-state index in [4.69, 9.17) is 10.5 Å². The van der Waals surface area contributed by atoms with E-state index in [1.807, 2.05) is 80.6 Å². The highest BCUT2D eigenvalue weighted by atomic mass is 32.2. The third-order valence-corrected chi connectivity index (χ3v) is 9.79. The van der Waals surface area contributed by atoms with Crippen molar-refractivity contribution in [2.24, 2.45) is 11.7 Å². The van der Waals surface area contributed by atoms with Crippen molar-refractivity contribution in [1.29, 1.82) is 0 Å². The maximum absolute atomic E-state index is 13.5. The van der Waals surface area contributed by atoms with Crippen LogP contribution in [0.2, 0.25) is 0 Å². The van der Waals surface area contributed by atoms with Crippen LogP contribution < -0.4 is 21.7 Å². The molecule has 0 saturated carbocycles. The van der Waals surface area contributed by atoms with Crippen LogP contribution in [-0.4, -0.2) is 54.3 Å². The summed E-state index contributed by atoms with van der Waals surface area (Å²) in [5.41, 5.74) is 13.3. The number of benzene rings is 4. The highest BCUT2D eigenvalue weighted by molar-refractivity contribution is 7.98. The van der Waals surface area contributed by atoms with E-state index >= 15 is 0 Å². The highest BCUT2D eigenvalue weighted by Crippen LogP contribution is 2.44. The van der Waals surface area contributed by atoms with Crippen molar-refractivity contribution in [2.75, 3.05) is 12.4 Å². The Hall–Kier alpha value is -5.09. The molecule has 0 aliphatic heterocycles.